The molecule has 0 heterocycles. The van der Waals surface area contributed by atoms with Crippen LogP contribution in [0.15, 0.2) is 48.6 Å². The molecule has 0 saturated heterocycles. The SMILES string of the molecule is CC/C=C\C/C=C\C/C=C\C/C=C\CCCCCCCCCCCCCCCCCCCCCCCCCCCCCCC(=O)OC(COC(=O)CCCCCCCC)COC(OCC[N+](C)(C)C)C(=O)[O-]. The Morgan fingerprint density at radius 3 is 1.18 bits per heavy atom. The second-order valence-electron chi connectivity index (χ2n) is 21.6. The van der Waals surface area contributed by atoms with Gasteiger partial charge in [-0.1, -0.05) is 262 Å². The zero-order chi connectivity index (χ0) is 52.7. The summed E-state index contributed by atoms with van der Waals surface area (Å²) in [6, 6.07) is 0. The van der Waals surface area contributed by atoms with Gasteiger partial charge in [0, 0.05) is 12.8 Å². The molecule has 0 spiro atoms. The Morgan fingerprint density at radius 2 is 0.792 bits per heavy atom. The van der Waals surface area contributed by atoms with Crippen molar-refractivity contribution in [1.82, 2.24) is 0 Å². The molecule has 0 aliphatic heterocycles. The zero-order valence-electron chi connectivity index (χ0n) is 47.8. The Hall–Kier alpha value is -2.75. The van der Waals surface area contributed by atoms with Gasteiger partial charge in [-0.2, -0.15) is 0 Å². The van der Waals surface area contributed by atoms with Crippen LogP contribution in [-0.4, -0.2) is 82.3 Å². The van der Waals surface area contributed by atoms with Crippen LogP contribution < -0.4 is 5.11 Å². The van der Waals surface area contributed by atoms with Gasteiger partial charge in [0.2, 0.25) is 0 Å². The van der Waals surface area contributed by atoms with Gasteiger partial charge < -0.3 is 33.3 Å². The van der Waals surface area contributed by atoms with E-state index in [1.54, 1.807) is 0 Å². The van der Waals surface area contributed by atoms with Crippen LogP contribution in [0.1, 0.15) is 277 Å². The van der Waals surface area contributed by atoms with Crippen molar-refractivity contribution in [2.24, 2.45) is 0 Å². The normalized spacial score (nSPS) is 13.1. The number of aliphatic carboxylic acids is 1. The van der Waals surface area contributed by atoms with Crippen LogP contribution in [0.25, 0.3) is 0 Å². The van der Waals surface area contributed by atoms with E-state index in [-0.39, 0.29) is 32.2 Å². The first kappa shape index (κ1) is 69.2. The van der Waals surface area contributed by atoms with Crippen LogP contribution in [0.5, 0.6) is 0 Å². The number of hydrogen-bond donors (Lipinski definition) is 0. The fourth-order valence-corrected chi connectivity index (χ4v) is 8.71. The maximum atomic E-state index is 12.8. The summed E-state index contributed by atoms with van der Waals surface area (Å²) in [7, 11) is 5.91. The van der Waals surface area contributed by atoms with Gasteiger partial charge in [0.1, 0.15) is 13.2 Å². The Bertz CT molecular complexity index is 1320. The van der Waals surface area contributed by atoms with Gasteiger partial charge in [0.05, 0.1) is 40.3 Å². The lowest BCUT2D eigenvalue weighted by atomic mass is 10.0. The Kier molecular flexibility index (Phi) is 52.4. The average molecular weight is 1010 g/mol. The minimum absolute atomic E-state index is 0.150. The second-order valence-corrected chi connectivity index (χ2v) is 21.6. The molecule has 2 atom stereocenters. The average Bonchev–Trinajstić information content (AvgIpc) is 3.35. The van der Waals surface area contributed by atoms with E-state index in [9.17, 15) is 19.5 Å². The fraction of sp³-hybridized carbons (Fsp3) is 0.825. The molecular weight excluding hydrogens is 899 g/mol. The third-order valence-corrected chi connectivity index (χ3v) is 13.3. The molecule has 0 aliphatic carbocycles. The highest BCUT2D eigenvalue weighted by atomic mass is 16.7. The fourth-order valence-electron chi connectivity index (χ4n) is 8.71. The molecule has 0 amide bonds. The predicted molar refractivity (Wildman–Crippen MR) is 302 cm³/mol. The number of esters is 2. The van der Waals surface area contributed by atoms with Crippen molar-refractivity contribution in [3.05, 3.63) is 48.6 Å². The molecule has 0 aliphatic rings. The molecule has 72 heavy (non-hydrogen) atoms. The highest BCUT2D eigenvalue weighted by Gasteiger charge is 2.22. The summed E-state index contributed by atoms with van der Waals surface area (Å²) in [5.41, 5.74) is 0. The standard InChI is InChI=1S/C63H115NO8/c1-6-8-10-12-14-15-16-17-18-19-20-21-22-23-24-25-26-27-28-29-30-31-32-33-34-35-36-37-38-39-40-41-42-43-44-45-46-47-48-50-52-54-61(66)72-59(57-70-60(65)53-51-49-13-11-9-7-2)58-71-63(62(67)68)69-56-55-64(3,4)5/h8,10,14-15,17-18,20-21,59,63H,6-7,9,11-13,16,19,22-58H2,1-5H3/b10-8-,15-14-,18-17-,21-20-. The van der Waals surface area contributed by atoms with Crippen LogP contribution >= 0.6 is 0 Å². The van der Waals surface area contributed by atoms with Gasteiger partial charge in [0.15, 0.2) is 12.4 Å². The van der Waals surface area contributed by atoms with Crippen LogP contribution in [-0.2, 0) is 33.3 Å². The van der Waals surface area contributed by atoms with Crippen LogP contribution in [0, 0.1) is 0 Å². The number of quaternary nitrogens is 1. The second kappa shape index (κ2) is 54.5. The summed E-state index contributed by atoms with van der Waals surface area (Å²) >= 11 is 0. The monoisotopic (exact) mass is 1010 g/mol. The van der Waals surface area contributed by atoms with E-state index in [4.69, 9.17) is 18.9 Å². The smallest absolute Gasteiger partial charge is 0.306 e. The van der Waals surface area contributed by atoms with Gasteiger partial charge in [-0.3, -0.25) is 9.59 Å². The van der Waals surface area contributed by atoms with Crippen molar-refractivity contribution in [3.8, 4) is 0 Å². The lowest BCUT2D eigenvalue weighted by Gasteiger charge is -2.26. The lowest BCUT2D eigenvalue weighted by Crippen LogP contribution is -2.44. The summed E-state index contributed by atoms with van der Waals surface area (Å²) in [5.74, 6) is -2.28. The number of carbonyl (C=O) groups is 3. The van der Waals surface area contributed by atoms with Gasteiger partial charge in [0.25, 0.3) is 0 Å². The molecule has 0 N–H and O–H groups in total. The quantitative estimate of drug-likeness (QED) is 0.0195. The molecule has 0 rings (SSSR count). The largest absolute Gasteiger partial charge is 0.545 e. The number of nitrogens with zero attached hydrogens (tertiary/aromatic N) is 1. The van der Waals surface area contributed by atoms with Crippen molar-refractivity contribution in [2.75, 3.05) is 47.5 Å². The topological polar surface area (TPSA) is 111 Å². The molecule has 0 saturated carbocycles. The molecule has 0 aromatic heterocycles. The Balaban J connectivity index is 3.76. The predicted octanol–water partition coefficient (Wildman–Crippen LogP) is 16.5. The number of ether oxygens (including phenoxy) is 4. The number of hydrogen-bond acceptors (Lipinski definition) is 8. The maximum absolute atomic E-state index is 12.8. The molecule has 0 fully saturated rings. The molecule has 0 aromatic carbocycles. The molecular formula is C63H115NO8. The number of likely N-dealkylation sites (N-methyl/N-ethyl adjacent to an activating group) is 1. The summed E-state index contributed by atoms with van der Waals surface area (Å²) in [4.78, 5) is 36.9. The third-order valence-electron chi connectivity index (χ3n) is 13.3. The molecule has 0 bridgehead atoms. The van der Waals surface area contributed by atoms with E-state index in [2.05, 4.69) is 62.5 Å². The third kappa shape index (κ3) is 55.0. The van der Waals surface area contributed by atoms with E-state index in [1.165, 1.54) is 180 Å². The van der Waals surface area contributed by atoms with Crippen LogP contribution in [0.2, 0.25) is 0 Å². The van der Waals surface area contributed by atoms with Crippen molar-refractivity contribution < 1.29 is 42.9 Å². The number of carboxylic acid groups (broad SMARTS) is 1. The number of unbranched alkanes of at least 4 members (excludes halogenated alkanes) is 33. The summed E-state index contributed by atoms with van der Waals surface area (Å²) in [6.07, 6.45) is 65.4. The van der Waals surface area contributed by atoms with Gasteiger partial charge in [-0.15, -0.1) is 0 Å². The maximum Gasteiger partial charge on any atom is 0.306 e. The number of rotatable bonds is 56. The van der Waals surface area contributed by atoms with Crippen LogP contribution in [0.4, 0.5) is 0 Å². The van der Waals surface area contributed by atoms with E-state index >= 15 is 0 Å². The molecule has 2 unspecified atom stereocenters. The molecule has 420 valence electrons. The summed E-state index contributed by atoms with van der Waals surface area (Å²) in [5, 5.41) is 11.7. The molecule has 0 aromatic rings. The first-order valence-electron chi connectivity index (χ1n) is 30.3. The molecule has 9 heteroatoms. The summed E-state index contributed by atoms with van der Waals surface area (Å²) < 4.78 is 22.5. The van der Waals surface area contributed by atoms with E-state index in [0.717, 1.165) is 70.6 Å². The van der Waals surface area contributed by atoms with E-state index in [0.29, 0.717) is 17.4 Å². The van der Waals surface area contributed by atoms with Crippen molar-refractivity contribution in [2.45, 2.75) is 289 Å². The van der Waals surface area contributed by atoms with Gasteiger partial charge in [-0.25, -0.2) is 0 Å². The lowest BCUT2D eigenvalue weighted by molar-refractivity contribution is -0.870. The number of carboxylic acids is 1. The minimum atomic E-state index is -1.61. The number of carbonyl (C=O) groups excluding carboxylic acids is 3. The molecule has 9 nitrogen and oxygen atoms in total. The van der Waals surface area contributed by atoms with Crippen molar-refractivity contribution in [3.63, 3.8) is 0 Å². The zero-order valence-corrected chi connectivity index (χ0v) is 47.8. The highest BCUT2D eigenvalue weighted by molar-refractivity contribution is 5.70. The molecule has 0 radical (unpaired) electrons. The van der Waals surface area contributed by atoms with Gasteiger partial charge >= 0.3 is 11.9 Å². The minimum Gasteiger partial charge on any atom is -0.545 e. The van der Waals surface area contributed by atoms with Crippen molar-refractivity contribution in [1.29, 1.82) is 0 Å². The van der Waals surface area contributed by atoms with Crippen molar-refractivity contribution >= 4 is 17.9 Å². The first-order chi connectivity index (χ1) is 35.1. The Morgan fingerprint density at radius 1 is 0.431 bits per heavy atom. The number of allylic oxidation sites excluding steroid dienone is 8. The van der Waals surface area contributed by atoms with Crippen LogP contribution in [0.3, 0.4) is 0 Å². The Labute approximate surface area is 444 Å². The van der Waals surface area contributed by atoms with E-state index < -0.39 is 24.3 Å². The highest BCUT2D eigenvalue weighted by Crippen LogP contribution is 2.18. The summed E-state index contributed by atoms with van der Waals surface area (Å²) in [6.45, 7) is 4.58. The van der Waals surface area contributed by atoms with Gasteiger partial charge in [-0.05, 0) is 51.4 Å². The van der Waals surface area contributed by atoms with E-state index in [1.807, 2.05) is 21.1 Å². The first-order valence-corrected chi connectivity index (χ1v) is 30.3.